The van der Waals surface area contributed by atoms with Gasteiger partial charge in [-0.25, -0.2) is 15.0 Å². The first-order chi connectivity index (χ1) is 31.9. The predicted octanol–water partition coefficient (Wildman–Crippen LogP) is 5.77. The van der Waals surface area contributed by atoms with E-state index in [-0.39, 0.29) is 26.4 Å². The second-order valence-electron chi connectivity index (χ2n) is 15.9. The number of aromatic nitrogens is 4. The molecule has 8 atom stereocenters. The third-order valence-electron chi connectivity index (χ3n) is 11.9. The Morgan fingerprint density at radius 2 is 1.26 bits per heavy atom. The van der Waals surface area contributed by atoms with Crippen LogP contribution >= 0.6 is 0 Å². The molecule has 15 nitrogen and oxygen atoms in total. The minimum Gasteiger partial charge on any atom is -0.497 e. The van der Waals surface area contributed by atoms with Crippen molar-refractivity contribution in [2.24, 2.45) is 0 Å². The van der Waals surface area contributed by atoms with Gasteiger partial charge in [0.05, 0.1) is 47.0 Å². The zero-order chi connectivity index (χ0) is 44.8. The molecule has 336 valence electrons. The van der Waals surface area contributed by atoms with E-state index in [1.165, 1.54) is 6.33 Å². The van der Waals surface area contributed by atoms with Gasteiger partial charge in [-0.3, -0.25) is 4.57 Å². The monoisotopic (exact) mass is 881 g/mol. The first-order valence-corrected chi connectivity index (χ1v) is 21.4. The van der Waals surface area contributed by atoms with Crippen molar-refractivity contribution >= 4 is 17.0 Å². The molecule has 15 heteroatoms. The van der Waals surface area contributed by atoms with Crippen molar-refractivity contribution in [3.8, 4) is 11.5 Å². The van der Waals surface area contributed by atoms with Gasteiger partial charge in [-0.05, 0) is 52.1 Å². The first-order valence-electron chi connectivity index (χ1n) is 21.4. The zero-order valence-electron chi connectivity index (χ0n) is 35.9. The summed E-state index contributed by atoms with van der Waals surface area (Å²) in [5.74, 6) is 1.82. The van der Waals surface area contributed by atoms with E-state index in [0.29, 0.717) is 28.5 Å². The molecule has 0 saturated carbocycles. The molecule has 0 amide bonds. The van der Waals surface area contributed by atoms with Gasteiger partial charge < -0.3 is 53.8 Å². The molecular weight excluding hydrogens is 831 g/mol. The smallest absolute Gasteiger partial charge is 0.187 e. The highest BCUT2D eigenvalue weighted by Gasteiger charge is 2.50. The number of methoxy groups -OCH3 is 2. The first kappa shape index (κ1) is 44.0. The van der Waals surface area contributed by atoms with Crippen LogP contribution in [0.5, 0.6) is 11.5 Å². The fraction of sp³-hybridized carbons (Fsp3) is 0.300. The Kier molecular flexibility index (Phi) is 13.4. The minimum absolute atomic E-state index is 0.0261. The standard InChI is InChI=1S/C50H51N5O10/c1-59-37-22-18-35(19-23-37)50(34-16-10-5-11-17-34,36-20-24-38(60-2)25-21-36)54-46-41-47(52-30-51-46)55(31-53-41)48-43(58)44(40(64-48)29-61-26-32-12-6-3-7-13-32)65-49-45(42(57)39(56)28-63-49)62-27-33-14-8-4-9-15-33/h3-25,30-31,39-40,42-45,48-49,56-58H,26-29H2,1-2H3,(H,51,52,54)/t39-,40-,42+,43-,44-,45-,48-,49-/m1/s1. The zero-order valence-corrected chi connectivity index (χ0v) is 35.9. The number of benzene rings is 5. The molecular formula is C50H51N5O10. The van der Waals surface area contributed by atoms with E-state index in [4.69, 9.17) is 43.1 Å². The number of ether oxygens (including phenoxy) is 7. The number of nitrogens with zero attached hydrogens (tertiary/aromatic N) is 4. The fourth-order valence-corrected chi connectivity index (χ4v) is 8.49. The Bertz CT molecular complexity index is 2540. The summed E-state index contributed by atoms with van der Waals surface area (Å²) < 4.78 is 44.2. The fourth-order valence-electron chi connectivity index (χ4n) is 8.49. The van der Waals surface area contributed by atoms with Gasteiger partial charge in [-0.1, -0.05) is 115 Å². The number of anilines is 1. The van der Waals surface area contributed by atoms with Crippen molar-refractivity contribution in [2.45, 2.75) is 67.9 Å². The molecule has 0 bridgehead atoms. The summed E-state index contributed by atoms with van der Waals surface area (Å²) >= 11 is 0. The van der Waals surface area contributed by atoms with Gasteiger partial charge in [-0.15, -0.1) is 0 Å². The van der Waals surface area contributed by atoms with E-state index in [9.17, 15) is 15.3 Å². The third-order valence-corrected chi connectivity index (χ3v) is 11.9. The molecule has 0 spiro atoms. The van der Waals surface area contributed by atoms with Gasteiger partial charge in [0.1, 0.15) is 60.0 Å². The number of fused-ring (bicyclic) bond motifs is 1. The number of hydrogen-bond donors (Lipinski definition) is 4. The van der Waals surface area contributed by atoms with Gasteiger partial charge >= 0.3 is 0 Å². The SMILES string of the molecule is COc1ccc(C(Nc2ncnc3c2ncn3[C@@H]2O[C@H](COCc3ccccc3)[C@@H](O[C@H]3OC[C@@H](O)[C@H](O)[C@H]3OCc3ccccc3)[C@H]2O)(c2ccccc2)c2ccc(OC)cc2)cc1. The maximum atomic E-state index is 12.3. The maximum absolute atomic E-state index is 12.3. The van der Waals surface area contributed by atoms with E-state index < -0.39 is 54.7 Å². The van der Waals surface area contributed by atoms with Gasteiger partial charge in [-0.2, -0.15) is 0 Å². The van der Waals surface area contributed by atoms with Crippen LogP contribution in [-0.2, 0) is 42.4 Å². The molecule has 2 aliphatic rings. The van der Waals surface area contributed by atoms with Crippen molar-refractivity contribution < 1.29 is 48.5 Å². The summed E-state index contributed by atoms with van der Waals surface area (Å²) in [5.41, 5.74) is 4.27. The third kappa shape index (κ3) is 9.18. The van der Waals surface area contributed by atoms with Crippen molar-refractivity contribution in [3.63, 3.8) is 0 Å². The van der Waals surface area contributed by atoms with Crippen LogP contribution in [0.3, 0.4) is 0 Å². The highest BCUT2D eigenvalue weighted by molar-refractivity contribution is 5.84. The maximum Gasteiger partial charge on any atom is 0.187 e. The number of hydrogen-bond acceptors (Lipinski definition) is 14. The van der Waals surface area contributed by atoms with Gasteiger partial charge in [0.15, 0.2) is 29.5 Å². The normalized spacial score (nSPS) is 23.3. The summed E-state index contributed by atoms with van der Waals surface area (Å²) in [6, 6.07) is 44.9. The summed E-state index contributed by atoms with van der Waals surface area (Å²) in [5, 5.41) is 37.8. The van der Waals surface area contributed by atoms with Crippen LogP contribution in [-0.4, -0.2) is 105 Å². The van der Waals surface area contributed by atoms with Crippen LogP contribution < -0.4 is 14.8 Å². The topological polar surface area (TPSA) is 181 Å². The van der Waals surface area contributed by atoms with Crippen molar-refractivity contribution in [2.75, 3.05) is 32.8 Å². The number of nitrogens with one attached hydrogen (secondary N) is 1. The van der Waals surface area contributed by atoms with Crippen molar-refractivity contribution in [3.05, 3.63) is 180 Å². The molecule has 5 aromatic carbocycles. The summed E-state index contributed by atoms with van der Waals surface area (Å²) in [7, 11) is 3.26. The Labute approximate surface area is 376 Å². The molecule has 2 aromatic heterocycles. The largest absolute Gasteiger partial charge is 0.497 e. The second kappa shape index (κ2) is 19.9. The highest BCUT2D eigenvalue weighted by Crippen LogP contribution is 2.43. The highest BCUT2D eigenvalue weighted by atomic mass is 16.7. The van der Waals surface area contributed by atoms with E-state index in [0.717, 1.165) is 27.8 Å². The van der Waals surface area contributed by atoms with Crippen molar-refractivity contribution in [1.29, 1.82) is 0 Å². The predicted molar refractivity (Wildman–Crippen MR) is 239 cm³/mol. The van der Waals surface area contributed by atoms with Crippen LogP contribution in [0.4, 0.5) is 5.82 Å². The number of rotatable bonds is 17. The average molecular weight is 882 g/mol. The Hall–Kier alpha value is -6.27. The quantitative estimate of drug-likeness (QED) is 0.0810. The molecule has 2 saturated heterocycles. The van der Waals surface area contributed by atoms with Crippen LogP contribution in [0, 0.1) is 0 Å². The molecule has 7 aromatic rings. The lowest BCUT2D eigenvalue weighted by Gasteiger charge is -2.39. The molecule has 4 heterocycles. The minimum atomic E-state index is -1.33. The van der Waals surface area contributed by atoms with Crippen LogP contribution in [0.1, 0.15) is 34.0 Å². The van der Waals surface area contributed by atoms with E-state index in [1.807, 2.05) is 140 Å². The van der Waals surface area contributed by atoms with E-state index >= 15 is 0 Å². The van der Waals surface area contributed by atoms with Crippen LogP contribution in [0.15, 0.2) is 152 Å². The molecule has 2 fully saturated rings. The molecule has 9 rings (SSSR count). The molecule has 4 N–H and O–H groups in total. The second-order valence-corrected chi connectivity index (χ2v) is 15.9. The van der Waals surface area contributed by atoms with Gasteiger partial charge in [0.2, 0.25) is 0 Å². The molecule has 2 aliphatic heterocycles. The van der Waals surface area contributed by atoms with Crippen molar-refractivity contribution in [1.82, 2.24) is 19.5 Å². The Morgan fingerprint density at radius 1 is 0.677 bits per heavy atom. The number of aliphatic hydroxyl groups is 3. The lowest BCUT2D eigenvalue weighted by atomic mass is 9.77. The van der Waals surface area contributed by atoms with Gasteiger partial charge in [0, 0.05) is 0 Å². The summed E-state index contributed by atoms with van der Waals surface area (Å²) in [4.78, 5) is 14.3. The lowest BCUT2D eigenvalue weighted by molar-refractivity contribution is -0.303. The summed E-state index contributed by atoms with van der Waals surface area (Å²) in [6.45, 7) is 0.214. The van der Waals surface area contributed by atoms with Crippen LogP contribution in [0.25, 0.3) is 11.2 Å². The lowest BCUT2D eigenvalue weighted by Crippen LogP contribution is -2.57. The summed E-state index contributed by atoms with van der Waals surface area (Å²) in [6.07, 6.45) is -6.13. The number of aliphatic hydroxyl groups excluding tert-OH is 3. The molecule has 0 unspecified atom stereocenters. The molecule has 0 aliphatic carbocycles. The van der Waals surface area contributed by atoms with E-state index in [2.05, 4.69) is 10.3 Å². The molecule has 0 radical (unpaired) electrons. The van der Waals surface area contributed by atoms with Gasteiger partial charge in [0.25, 0.3) is 0 Å². The average Bonchev–Trinajstić information content (AvgIpc) is 3.93. The number of imidazole rings is 1. The van der Waals surface area contributed by atoms with E-state index in [1.54, 1.807) is 25.1 Å². The molecule has 65 heavy (non-hydrogen) atoms. The Morgan fingerprint density at radius 3 is 1.88 bits per heavy atom. The Balaban J connectivity index is 1.06. The van der Waals surface area contributed by atoms with Crippen LogP contribution in [0.2, 0.25) is 0 Å².